The summed E-state index contributed by atoms with van der Waals surface area (Å²) in [7, 11) is 0. The van der Waals surface area contributed by atoms with Crippen molar-refractivity contribution >= 4 is 38.9 Å². The molecule has 0 aliphatic carbocycles. The lowest BCUT2D eigenvalue weighted by Gasteiger charge is -2.22. The van der Waals surface area contributed by atoms with Crippen molar-refractivity contribution < 1.29 is 22.4 Å². The van der Waals surface area contributed by atoms with Gasteiger partial charge in [-0.3, -0.25) is 4.79 Å². The number of rotatable bonds is 4. The lowest BCUT2D eigenvalue weighted by Crippen LogP contribution is -2.43. The van der Waals surface area contributed by atoms with E-state index in [0.29, 0.717) is 16.1 Å². The summed E-state index contributed by atoms with van der Waals surface area (Å²) in [5.41, 5.74) is -0.810. The minimum atomic E-state index is -4.86. The van der Waals surface area contributed by atoms with Gasteiger partial charge in [-0.1, -0.05) is 34.2 Å². The quantitative estimate of drug-likeness (QED) is 0.203. The van der Waals surface area contributed by atoms with Gasteiger partial charge < -0.3 is 0 Å². The summed E-state index contributed by atoms with van der Waals surface area (Å²) < 4.78 is 53.1. The first kappa shape index (κ1) is 19.7. The number of carbonyl (C=O) groups is 1. The van der Waals surface area contributed by atoms with E-state index in [1.165, 1.54) is 13.0 Å². The Kier molecular flexibility index (Phi) is 6.43. The van der Waals surface area contributed by atoms with Gasteiger partial charge in [0, 0.05) is 9.34 Å². The van der Waals surface area contributed by atoms with Gasteiger partial charge in [0.1, 0.15) is 11.5 Å². The molecule has 9 heteroatoms. The number of alkyl halides is 3. The zero-order chi connectivity index (χ0) is 17.9. The molecule has 1 aromatic rings. The maximum Gasteiger partial charge on any atom is 0.433 e. The zero-order valence-electron chi connectivity index (χ0n) is 12.2. The van der Waals surface area contributed by atoms with Gasteiger partial charge in [-0.05, 0) is 37.1 Å². The molecule has 126 valence electrons. The van der Waals surface area contributed by atoms with Crippen molar-refractivity contribution in [2.75, 3.05) is 0 Å². The van der Waals surface area contributed by atoms with Gasteiger partial charge in [0.05, 0.1) is 6.42 Å². The summed E-state index contributed by atoms with van der Waals surface area (Å²) in [6.07, 6.45) is -4.89. The van der Waals surface area contributed by atoms with E-state index in [0.717, 1.165) is 6.07 Å². The Morgan fingerprint density at radius 1 is 1.43 bits per heavy atom. The van der Waals surface area contributed by atoms with Crippen molar-refractivity contribution in [2.24, 2.45) is 5.84 Å². The number of hydrogen-bond acceptors (Lipinski definition) is 3. The van der Waals surface area contributed by atoms with E-state index in [2.05, 4.69) is 28.1 Å². The molecule has 0 heterocycles. The standard InChI is InChI=1S/C14H13BrF4N2OS/c1-7-3-9(11(16)6-10(7)15)5-13(22)21(20)12(4-8(2)23)14(17,18)19/h3-4,6H,5,20H2,1-2H3/b12-4-. The third-order valence-corrected chi connectivity index (χ3v) is 3.80. The molecule has 1 rings (SSSR count). The molecule has 0 spiro atoms. The molecular formula is C14H13BrF4N2OS. The predicted octanol–water partition coefficient (Wildman–Crippen LogP) is 3.98. The Morgan fingerprint density at radius 2 is 2.00 bits per heavy atom. The molecule has 0 aromatic heterocycles. The first-order chi connectivity index (χ1) is 10.4. The predicted molar refractivity (Wildman–Crippen MR) is 86.0 cm³/mol. The van der Waals surface area contributed by atoms with Gasteiger partial charge in [-0.25, -0.2) is 15.2 Å². The van der Waals surface area contributed by atoms with E-state index in [9.17, 15) is 22.4 Å². The lowest BCUT2D eigenvalue weighted by molar-refractivity contribution is -0.142. The fourth-order valence-corrected chi connectivity index (χ4v) is 2.14. The second-order valence-corrected chi connectivity index (χ2v) is 6.27. The molecule has 3 nitrogen and oxygen atoms in total. The number of aryl methyl sites for hydroxylation is 1. The highest BCUT2D eigenvalue weighted by molar-refractivity contribution is 9.10. The van der Waals surface area contributed by atoms with Crippen molar-refractivity contribution in [1.29, 1.82) is 0 Å². The van der Waals surface area contributed by atoms with Gasteiger partial charge in [0.25, 0.3) is 0 Å². The second-order valence-electron chi connectivity index (χ2n) is 4.77. The third-order valence-electron chi connectivity index (χ3n) is 2.83. The van der Waals surface area contributed by atoms with Crippen LogP contribution >= 0.6 is 28.1 Å². The highest BCUT2D eigenvalue weighted by Gasteiger charge is 2.39. The largest absolute Gasteiger partial charge is 0.433 e. The van der Waals surface area contributed by atoms with E-state index in [1.54, 1.807) is 6.92 Å². The van der Waals surface area contributed by atoms with Crippen LogP contribution in [0.2, 0.25) is 0 Å². The van der Waals surface area contributed by atoms with E-state index in [1.807, 2.05) is 0 Å². The van der Waals surface area contributed by atoms with Crippen LogP contribution in [-0.2, 0) is 11.2 Å². The van der Waals surface area contributed by atoms with Crippen molar-refractivity contribution in [2.45, 2.75) is 26.4 Å². The molecule has 0 saturated carbocycles. The van der Waals surface area contributed by atoms with Gasteiger partial charge >= 0.3 is 6.18 Å². The van der Waals surface area contributed by atoms with Crippen LogP contribution in [0.5, 0.6) is 0 Å². The van der Waals surface area contributed by atoms with Gasteiger partial charge in [-0.2, -0.15) is 13.2 Å². The number of thiocarbonyl (C=S) groups is 1. The molecule has 2 N–H and O–H groups in total. The van der Waals surface area contributed by atoms with Crippen LogP contribution in [0.4, 0.5) is 17.6 Å². The number of halogens is 5. The monoisotopic (exact) mass is 412 g/mol. The molecule has 0 aliphatic rings. The van der Waals surface area contributed by atoms with Crippen LogP contribution in [0.15, 0.2) is 28.4 Å². The maximum absolute atomic E-state index is 13.8. The summed E-state index contributed by atoms with van der Waals surface area (Å²) in [5, 5.41) is -0.0490. The molecule has 1 amide bonds. The molecule has 0 atom stereocenters. The average molecular weight is 413 g/mol. The Labute approximate surface area is 144 Å². The molecule has 0 radical (unpaired) electrons. The van der Waals surface area contributed by atoms with Gasteiger partial charge in [0.2, 0.25) is 5.91 Å². The molecule has 0 aliphatic heterocycles. The third kappa shape index (κ3) is 5.36. The molecule has 0 saturated heterocycles. The number of carbonyl (C=O) groups excluding carboxylic acids is 1. The summed E-state index contributed by atoms with van der Waals surface area (Å²) >= 11 is 7.71. The number of hydrazine groups is 1. The van der Waals surface area contributed by atoms with Crippen molar-refractivity contribution in [3.05, 3.63) is 45.3 Å². The smallest absolute Gasteiger partial charge is 0.273 e. The molecule has 0 unspecified atom stereocenters. The zero-order valence-corrected chi connectivity index (χ0v) is 14.6. The first-order valence-corrected chi connectivity index (χ1v) is 7.45. The number of nitrogens with zero attached hydrogens (tertiary/aromatic N) is 1. The van der Waals surface area contributed by atoms with E-state index >= 15 is 0 Å². The van der Waals surface area contributed by atoms with Crippen LogP contribution in [0.3, 0.4) is 0 Å². The topological polar surface area (TPSA) is 46.3 Å². The van der Waals surface area contributed by atoms with Crippen LogP contribution < -0.4 is 5.84 Å². The highest BCUT2D eigenvalue weighted by Crippen LogP contribution is 2.28. The fraction of sp³-hybridized carbons (Fsp3) is 0.286. The SMILES string of the molecule is CC(=S)/C=C(\N(N)C(=O)Cc1cc(C)c(Br)cc1F)C(F)(F)F. The highest BCUT2D eigenvalue weighted by atomic mass is 79.9. The number of hydrogen-bond donors (Lipinski definition) is 1. The fourth-order valence-electron chi connectivity index (χ4n) is 1.72. The Hall–Kier alpha value is -1.32. The van der Waals surface area contributed by atoms with E-state index < -0.39 is 30.0 Å². The van der Waals surface area contributed by atoms with Crippen molar-refractivity contribution in [3.8, 4) is 0 Å². The minimum absolute atomic E-state index is 0.0490. The minimum Gasteiger partial charge on any atom is -0.273 e. The molecule has 23 heavy (non-hydrogen) atoms. The van der Waals surface area contributed by atoms with Crippen molar-refractivity contribution in [1.82, 2.24) is 5.01 Å². The van der Waals surface area contributed by atoms with E-state index in [-0.39, 0.29) is 15.4 Å². The average Bonchev–Trinajstić information content (AvgIpc) is 2.39. The van der Waals surface area contributed by atoms with Crippen LogP contribution in [-0.4, -0.2) is 22.0 Å². The Balaban J connectivity index is 3.09. The molecule has 0 bridgehead atoms. The van der Waals surface area contributed by atoms with E-state index in [4.69, 9.17) is 5.84 Å². The second kappa shape index (κ2) is 7.50. The number of allylic oxidation sites excluding steroid dienone is 2. The Bertz CT molecular complexity index is 673. The summed E-state index contributed by atoms with van der Waals surface area (Å²) in [6.45, 7) is 2.92. The maximum atomic E-state index is 13.8. The van der Waals surface area contributed by atoms with Gasteiger partial charge in [-0.15, -0.1) is 0 Å². The first-order valence-electron chi connectivity index (χ1n) is 6.25. The normalized spacial score (nSPS) is 12.3. The Morgan fingerprint density at radius 3 is 2.48 bits per heavy atom. The van der Waals surface area contributed by atoms with Crippen LogP contribution in [0, 0.1) is 12.7 Å². The summed E-state index contributed by atoms with van der Waals surface area (Å²) in [5.74, 6) is 3.44. The van der Waals surface area contributed by atoms with Gasteiger partial charge in [0.15, 0.2) is 0 Å². The number of amides is 1. The van der Waals surface area contributed by atoms with Crippen LogP contribution in [0.25, 0.3) is 0 Å². The molecular weight excluding hydrogens is 400 g/mol. The number of nitrogens with two attached hydrogens (primary N) is 1. The van der Waals surface area contributed by atoms with Crippen LogP contribution in [0.1, 0.15) is 18.1 Å². The lowest BCUT2D eigenvalue weighted by atomic mass is 10.1. The summed E-state index contributed by atoms with van der Waals surface area (Å²) in [6, 6.07) is 2.51. The molecule has 0 fully saturated rings. The van der Waals surface area contributed by atoms with Crippen molar-refractivity contribution in [3.63, 3.8) is 0 Å². The number of benzene rings is 1. The molecule has 1 aromatic carbocycles. The summed E-state index contributed by atoms with van der Waals surface area (Å²) in [4.78, 5) is 11.9.